The number of hydrogen-bond acceptors (Lipinski definition) is 4. The lowest BCUT2D eigenvalue weighted by Crippen LogP contribution is -2.13. The van der Waals surface area contributed by atoms with E-state index in [2.05, 4.69) is 4.72 Å². The van der Waals surface area contributed by atoms with Crippen molar-refractivity contribution >= 4 is 15.7 Å². The number of nitrogens with one attached hydrogen (secondary N) is 1. The highest BCUT2D eigenvalue weighted by atomic mass is 32.2. The maximum Gasteiger partial charge on any atom is 0.261 e. The summed E-state index contributed by atoms with van der Waals surface area (Å²) in [6, 6.07) is 9.97. The molecular formula is C17H21NO4S. The lowest BCUT2D eigenvalue weighted by Gasteiger charge is -2.13. The number of ether oxygens (including phenoxy) is 2. The van der Waals surface area contributed by atoms with Crippen LogP contribution in [0.3, 0.4) is 0 Å². The highest BCUT2D eigenvalue weighted by Crippen LogP contribution is 2.31. The largest absolute Gasteiger partial charge is 0.493 e. The van der Waals surface area contributed by atoms with Gasteiger partial charge in [-0.05, 0) is 56.2 Å². The van der Waals surface area contributed by atoms with Gasteiger partial charge in [0.15, 0.2) is 11.5 Å². The molecule has 0 heterocycles. The van der Waals surface area contributed by atoms with Crippen molar-refractivity contribution in [2.45, 2.75) is 25.7 Å². The van der Waals surface area contributed by atoms with Crippen LogP contribution in [0.2, 0.25) is 0 Å². The molecule has 124 valence electrons. The molecule has 0 aliphatic rings. The zero-order valence-electron chi connectivity index (χ0n) is 13.7. The van der Waals surface area contributed by atoms with E-state index in [-0.39, 0.29) is 4.90 Å². The second-order valence-corrected chi connectivity index (χ2v) is 6.83. The van der Waals surface area contributed by atoms with Crippen LogP contribution < -0.4 is 14.2 Å². The van der Waals surface area contributed by atoms with Gasteiger partial charge in [-0.1, -0.05) is 6.07 Å². The number of rotatable bonds is 6. The Morgan fingerprint density at radius 1 is 1.00 bits per heavy atom. The first kappa shape index (κ1) is 17.1. The fourth-order valence-electron chi connectivity index (χ4n) is 2.10. The molecule has 0 saturated heterocycles. The second kappa shape index (κ2) is 6.91. The van der Waals surface area contributed by atoms with Crippen molar-refractivity contribution in [3.63, 3.8) is 0 Å². The third-order valence-corrected chi connectivity index (χ3v) is 4.88. The maximum atomic E-state index is 12.5. The van der Waals surface area contributed by atoms with Crippen molar-refractivity contribution in [1.82, 2.24) is 0 Å². The smallest absolute Gasteiger partial charge is 0.261 e. The van der Waals surface area contributed by atoms with Gasteiger partial charge in [0.25, 0.3) is 10.0 Å². The molecule has 0 saturated carbocycles. The Labute approximate surface area is 137 Å². The van der Waals surface area contributed by atoms with E-state index in [4.69, 9.17) is 9.47 Å². The Kier molecular flexibility index (Phi) is 5.15. The topological polar surface area (TPSA) is 64.6 Å². The van der Waals surface area contributed by atoms with Crippen LogP contribution in [0.5, 0.6) is 11.5 Å². The van der Waals surface area contributed by atoms with Gasteiger partial charge in [-0.15, -0.1) is 0 Å². The fraction of sp³-hybridized carbons (Fsp3) is 0.294. The molecule has 0 radical (unpaired) electrons. The van der Waals surface area contributed by atoms with E-state index in [1.807, 2.05) is 20.8 Å². The summed E-state index contributed by atoms with van der Waals surface area (Å²) in [6.45, 7) is 6.20. The number of aryl methyl sites for hydroxylation is 2. The van der Waals surface area contributed by atoms with Crippen LogP contribution in [0.1, 0.15) is 18.1 Å². The minimum Gasteiger partial charge on any atom is -0.493 e. The molecule has 23 heavy (non-hydrogen) atoms. The highest BCUT2D eigenvalue weighted by molar-refractivity contribution is 7.92. The minimum absolute atomic E-state index is 0.230. The summed E-state index contributed by atoms with van der Waals surface area (Å²) >= 11 is 0. The number of sulfonamides is 1. The van der Waals surface area contributed by atoms with Crippen LogP contribution >= 0.6 is 0 Å². The summed E-state index contributed by atoms with van der Waals surface area (Å²) in [5.74, 6) is 1.05. The molecule has 1 N–H and O–H groups in total. The van der Waals surface area contributed by atoms with E-state index in [1.54, 1.807) is 36.4 Å². The second-order valence-electron chi connectivity index (χ2n) is 5.15. The van der Waals surface area contributed by atoms with Crippen molar-refractivity contribution in [1.29, 1.82) is 0 Å². The summed E-state index contributed by atoms with van der Waals surface area (Å²) in [5, 5.41) is 0. The van der Waals surface area contributed by atoms with Gasteiger partial charge in [0.2, 0.25) is 0 Å². The van der Waals surface area contributed by atoms with Crippen LogP contribution in [0.15, 0.2) is 41.3 Å². The Balaban J connectivity index is 2.31. The lowest BCUT2D eigenvalue weighted by atomic mass is 10.1. The van der Waals surface area contributed by atoms with Gasteiger partial charge in [0.05, 0.1) is 24.3 Å². The summed E-state index contributed by atoms with van der Waals surface area (Å²) in [4.78, 5) is 0.230. The molecule has 0 bridgehead atoms. The average Bonchev–Trinajstić information content (AvgIpc) is 2.51. The van der Waals surface area contributed by atoms with E-state index in [1.165, 1.54) is 7.11 Å². The van der Waals surface area contributed by atoms with Gasteiger partial charge in [-0.2, -0.15) is 0 Å². The zero-order chi connectivity index (χ0) is 17.0. The van der Waals surface area contributed by atoms with Crippen molar-refractivity contribution in [3.8, 4) is 11.5 Å². The number of hydrogen-bond donors (Lipinski definition) is 1. The predicted octanol–water partition coefficient (Wildman–Crippen LogP) is 3.51. The molecule has 0 unspecified atom stereocenters. The zero-order valence-corrected chi connectivity index (χ0v) is 14.5. The third-order valence-electron chi connectivity index (χ3n) is 3.50. The molecule has 2 aromatic carbocycles. The monoisotopic (exact) mass is 335 g/mol. The molecule has 2 aromatic rings. The first-order valence-corrected chi connectivity index (χ1v) is 8.76. The normalized spacial score (nSPS) is 11.1. The quantitative estimate of drug-likeness (QED) is 0.877. The van der Waals surface area contributed by atoms with Gasteiger partial charge in [0.1, 0.15) is 0 Å². The number of benzene rings is 2. The summed E-state index contributed by atoms with van der Waals surface area (Å²) in [5.41, 5.74) is 2.40. The molecule has 0 amide bonds. The van der Waals surface area contributed by atoms with Crippen molar-refractivity contribution in [3.05, 3.63) is 47.5 Å². The van der Waals surface area contributed by atoms with Crippen LogP contribution in [0.4, 0.5) is 5.69 Å². The van der Waals surface area contributed by atoms with Crippen LogP contribution in [-0.4, -0.2) is 22.1 Å². The Morgan fingerprint density at radius 3 is 2.35 bits per heavy atom. The first-order chi connectivity index (χ1) is 10.9. The SMILES string of the molecule is CCOc1ccc(NS(=O)(=O)c2ccc(C)c(C)c2)cc1OC. The fourth-order valence-corrected chi connectivity index (χ4v) is 3.24. The van der Waals surface area contributed by atoms with Gasteiger partial charge in [0, 0.05) is 6.07 Å². The van der Waals surface area contributed by atoms with Crippen LogP contribution in [0.25, 0.3) is 0 Å². The van der Waals surface area contributed by atoms with E-state index in [0.29, 0.717) is 23.8 Å². The van der Waals surface area contributed by atoms with Crippen molar-refractivity contribution < 1.29 is 17.9 Å². The molecule has 0 aromatic heterocycles. The van der Waals surface area contributed by atoms with E-state index in [0.717, 1.165) is 11.1 Å². The van der Waals surface area contributed by atoms with Gasteiger partial charge < -0.3 is 9.47 Å². The Morgan fingerprint density at radius 2 is 1.74 bits per heavy atom. The molecule has 5 nitrogen and oxygen atoms in total. The maximum absolute atomic E-state index is 12.5. The average molecular weight is 335 g/mol. The molecule has 6 heteroatoms. The Hall–Kier alpha value is -2.21. The number of anilines is 1. The summed E-state index contributed by atoms with van der Waals surface area (Å²) < 4.78 is 38.2. The molecule has 0 atom stereocenters. The first-order valence-electron chi connectivity index (χ1n) is 7.28. The van der Waals surface area contributed by atoms with Gasteiger partial charge >= 0.3 is 0 Å². The number of methoxy groups -OCH3 is 1. The van der Waals surface area contributed by atoms with Crippen LogP contribution in [0, 0.1) is 13.8 Å². The predicted molar refractivity (Wildman–Crippen MR) is 90.9 cm³/mol. The third kappa shape index (κ3) is 3.96. The summed E-state index contributed by atoms with van der Waals surface area (Å²) in [7, 11) is -2.14. The molecular weight excluding hydrogens is 314 g/mol. The molecule has 2 rings (SSSR count). The van der Waals surface area contributed by atoms with Crippen molar-refractivity contribution in [2.24, 2.45) is 0 Å². The highest BCUT2D eigenvalue weighted by Gasteiger charge is 2.16. The van der Waals surface area contributed by atoms with Gasteiger partial charge in [-0.25, -0.2) is 8.42 Å². The summed E-state index contributed by atoms with van der Waals surface area (Å²) in [6.07, 6.45) is 0. The molecule has 0 fully saturated rings. The van der Waals surface area contributed by atoms with E-state index < -0.39 is 10.0 Å². The van der Waals surface area contributed by atoms with Crippen LogP contribution in [-0.2, 0) is 10.0 Å². The van der Waals surface area contributed by atoms with Crippen molar-refractivity contribution in [2.75, 3.05) is 18.4 Å². The minimum atomic E-state index is -3.65. The standard InChI is InChI=1S/C17H21NO4S/c1-5-22-16-9-7-14(11-17(16)21-4)18-23(19,20)15-8-6-12(2)13(3)10-15/h6-11,18H,5H2,1-4H3. The Bertz CT molecular complexity index is 800. The molecule has 0 aliphatic carbocycles. The lowest BCUT2D eigenvalue weighted by molar-refractivity contribution is 0.311. The van der Waals surface area contributed by atoms with E-state index in [9.17, 15) is 8.42 Å². The van der Waals surface area contributed by atoms with E-state index >= 15 is 0 Å². The molecule has 0 aliphatic heterocycles. The van der Waals surface area contributed by atoms with Gasteiger partial charge in [-0.3, -0.25) is 4.72 Å². The molecule has 0 spiro atoms.